The van der Waals surface area contributed by atoms with Gasteiger partial charge in [0.1, 0.15) is 12.3 Å². The molecule has 2 aromatic heterocycles. The molecule has 32 heavy (non-hydrogen) atoms. The van der Waals surface area contributed by atoms with Gasteiger partial charge in [0.15, 0.2) is 16.6 Å². The number of ether oxygens (including phenoxy) is 1. The summed E-state index contributed by atoms with van der Waals surface area (Å²) in [6.45, 7) is -0.129. The molecule has 2 aromatic rings. The summed E-state index contributed by atoms with van der Waals surface area (Å²) < 4.78 is 50.6. The fraction of sp³-hybridized carbons (Fsp3) is 0.583. The third kappa shape index (κ3) is 5.35. The smallest absolute Gasteiger partial charge is 0.390 e. The van der Waals surface area contributed by atoms with E-state index >= 15 is 0 Å². The lowest BCUT2D eigenvalue weighted by Crippen LogP contribution is -2.26. The topological polar surface area (TPSA) is 270 Å². The van der Waals surface area contributed by atoms with Crippen LogP contribution in [0, 0.1) is 0 Å². The van der Waals surface area contributed by atoms with Crippen LogP contribution in [0.4, 0.5) is 5.95 Å². The molecule has 0 spiro atoms. The second-order valence-corrected chi connectivity index (χ2v) is 13.0. The van der Waals surface area contributed by atoms with E-state index in [4.69, 9.17) is 20.3 Å². The fourth-order valence-corrected chi connectivity index (χ4v) is 6.94. The van der Waals surface area contributed by atoms with Crippen LogP contribution in [0.15, 0.2) is 11.1 Å². The van der Waals surface area contributed by atoms with Crippen LogP contribution in [-0.2, 0) is 27.3 Å². The van der Waals surface area contributed by atoms with Gasteiger partial charge in [0.2, 0.25) is 5.95 Å². The molecule has 17 nitrogen and oxygen atoms in total. The minimum Gasteiger partial charge on any atom is -0.390 e. The van der Waals surface area contributed by atoms with Crippen LogP contribution in [0.1, 0.15) is 19.6 Å². The first-order valence-corrected chi connectivity index (χ1v) is 13.6. The van der Waals surface area contributed by atoms with E-state index in [0.29, 0.717) is 6.92 Å². The normalized spacial score (nSPS) is 26.6. The van der Waals surface area contributed by atoms with Gasteiger partial charge < -0.3 is 35.2 Å². The number of hydrogen-bond acceptors (Lipinski definition) is 11. The quantitative estimate of drug-likeness (QED) is 0.210. The molecule has 1 aliphatic heterocycles. The van der Waals surface area contributed by atoms with E-state index in [1.54, 1.807) is 0 Å². The Morgan fingerprint density at radius 1 is 1.34 bits per heavy atom. The summed E-state index contributed by atoms with van der Waals surface area (Å²) in [5.41, 5.74) is 4.95. The maximum Gasteiger partial charge on any atom is 0.479 e. The molecule has 1 fully saturated rings. The monoisotopic (exact) mass is 519 g/mol. The molecule has 0 aromatic carbocycles. The van der Waals surface area contributed by atoms with Gasteiger partial charge in [-0.25, -0.2) is 13.9 Å². The molecule has 8 N–H and O–H groups in total. The Morgan fingerprint density at radius 2 is 2.00 bits per heavy atom. The molecule has 1 aliphatic rings. The number of aliphatic hydroxyl groups excluding tert-OH is 1. The number of aromatic amines is 1. The summed E-state index contributed by atoms with van der Waals surface area (Å²) in [5, 5.41) is 7.91. The molecule has 0 radical (unpaired) electrons. The largest absolute Gasteiger partial charge is 0.479 e. The van der Waals surface area contributed by atoms with Crippen molar-refractivity contribution in [2.24, 2.45) is 0 Å². The summed E-state index contributed by atoms with van der Waals surface area (Å²) in [5.74, 6) is -0.181. The van der Waals surface area contributed by atoms with Crippen molar-refractivity contribution in [1.29, 1.82) is 0 Å². The van der Waals surface area contributed by atoms with Crippen LogP contribution in [0.25, 0.3) is 11.2 Å². The van der Waals surface area contributed by atoms with Gasteiger partial charge in [-0.2, -0.15) is 4.98 Å². The first-order valence-electron chi connectivity index (χ1n) is 8.73. The Labute approximate surface area is 178 Å². The Kier molecular flexibility index (Phi) is 6.84. The SMILES string of the molecule is C[C@H](P(=O)(O)O)P(=O)(O)OP(=O)(O)OC[C@H]1O[C@@H](n2cnc3c(=O)[nH]c(N)nc32)C[C@@H]1O. The zero-order chi connectivity index (χ0) is 24.1. The molecule has 3 heterocycles. The molecule has 3 rings (SSSR count). The average molecular weight is 519 g/mol. The van der Waals surface area contributed by atoms with Crippen molar-refractivity contribution >= 4 is 40.1 Å². The van der Waals surface area contributed by atoms with E-state index in [9.17, 15) is 33.4 Å². The summed E-state index contributed by atoms with van der Waals surface area (Å²) in [7, 11) is -15.7. The summed E-state index contributed by atoms with van der Waals surface area (Å²) in [6.07, 6.45) is -2.24. The Bertz CT molecular complexity index is 1210. The first-order chi connectivity index (χ1) is 14.6. The van der Waals surface area contributed by atoms with Crippen molar-refractivity contribution in [2.45, 2.75) is 37.2 Å². The summed E-state index contributed by atoms with van der Waals surface area (Å²) in [6, 6.07) is 0. The Hall–Kier alpha value is -1.48. The highest BCUT2D eigenvalue weighted by Gasteiger charge is 2.47. The number of hydrogen-bond donors (Lipinski definition) is 7. The van der Waals surface area contributed by atoms with Gasteiger partial charge >= 0.3 is 23.0 Å². The Morgan fingerprint density at radius 3 is 2.62 bits per heavy atom. The van der Waals surface area contributed by atoms with E-state index in [2.05, 4.69) is 23.8 Å². The minimum absolute atomic E-state index is 0.0388. The predicted octanol–water partition coefficient (Wildman–Crippen LogP) is -0.807. The molecule has 0 aliphatic carbocycles. The zero-order valence-electron chi connectivity index (χ0n) is 16.2. The van der Waals surface area contributed by atoms with Gasteiger partial charge in [0.05, 0.1) is 19.0 Å². The van der Waals surface area contributed by atoms with E-state index < -0.39 is 59.0 Å². The standard InChI is InChI=1S/C12H20N5O12P3/c1-5(30(20,21)22)31(23,24)29-32(25,26)27-3-7-6(18)2-8(28-7)17-4-14-9-10(17)15-12(13)16-11(9)19/h4-8,18H,2-3H2,1H3,(H,23,24)(H,25,26)(H2,20,21,22)(H3,13,15,16,19)/t5-,6+,7-,8-/m1/s1. The van der Waals surface area contributed by atoms with Gasteiger partial charge in [-0.1, -0.05) is 0 Å². The lowest BCUT2D eigenvalue weighted by atomic mass is 10.2. The van der Waals surface area contributed by atoms with Crippen molar-refractivity contribution in [3.63, 3.8) is 0 Å². The highest BCUT2D eigenvalue weighted by atomic mass is 31.3. The molecule has 6 atom stereocenters. The van der Waals surface area contributed by atoms with Gasteiger partial charge in [0, 0.05) is 6.42 Å². The van der Waals surface area contributed by atoms with Crippen LogP contribution in [-0.4, -0.2) is 68.4 Å². The molecule has 0 bridgehead atoms. The number of nitrogen functional groups attached to an aromatic ring is 1. The van der Waals surface area contributed by atoms with Crippen LogP contribution in [0.2, 0.25) is 0 Å². The maximum atomic E-state index is 12.0. The number of fused-ring (bicyclic) bond motifs is 1. The fourth-order valence-electron chi connectivity index (χ4n) is 2.79. The number of nitrogens with two attached hydrogens (primary N) is 1. The zero-order valence-corrected chi connectivity index (χ0v) is 18.8. The number of imidazole rings is 1. The number of H-pyrrole nitrogens is 1. The van der Waals surface area contributed by atoms with Crippen molar-refractivity contribution in [3.8, 4) is 0 Å². The van der Waals surface area contributed by atoms with Gasteiger partial charge in [0.25, 0.3) is 5.56 Å². The predicted molar refractivity (Wildman–Crippen MR) is 105 cm³/mol. The molecular formula is C12H20N5O12P3. The third-order valence-electron chi connectivity index (χ3n) is 4.55. The maximum absolute atomic E-state index is 12.0. The lowest BCUT2D eigenvalue weighted by molar-refractivity contribution is -0.0421. The van der Waals surface area contributed by atoms with Crippen LogP contribution in [0.5, 0.6) is 0 Å². The van der Waals surface area contributed by atoms with E-state index in [1.807, 2.05) is 0 Å². The van der Waals surface area contributed by atoms with Crippen LogP contribution >= 0.6 is 23.0 Å². The lowest BCUT2D eigenvalue weighted by Gasteiger charge is -2.23. The van der Waals surface area contributed by atoms with E-state index in [0.717, 1.165) is 0 Å². The second kappa shape index (κ2) is 8.70. The number of aliphatic hydroxyl groups is 1. The molecule has 0 saturated carbocycles. The number of phosphoric acid groups is 1. The summed E-state index contributed by atoms with van der Waals surface area (Å²) >= 11 is 0. The average Bonchev–Trinajstić information content (AvgIpc) is 3.21. The van der Waals surface area contributed by atoms with Crippen molar-refractivity contribution in [3.05, 3.63) is 16.7 Å². The number of nitrogens with zero attached hydrogens (tertiary/aromatic N) is 3. The third-order valence-corrected chi connectivity index (χ3v) is 10.5. The molecule has 20 heteroatoms. The van der Waals surface area contributed by atoms with Crippen LogP contribution in [0.3, 0.4) is 0 Å². The number of phosphoric ester groups is 1. The molecule has 180 valence electrons. The highest BCUT2D eigenvalue weighted by molar-refractivity contribution is 7.74. The molecule has 2 unspecified atom stereocenters. The first kappa shape index (κ1) is 25.1. The van der Waals surface area contributed by atoms with Crippen molar-refractivity contribution in [2.75, 3.05) is 12.3 Å². The molecule has 1 saturated heterocycles. The van der Waals surface area contributed by atoms with Crippen molar-refractivity contribution < 1.29 is 51.9 Å². The highest BCUT2D eigenvalue weighted by Crippen LogP contribution is 2.69. The van der Waals surface area contributed by atoms with E-state index in [-0.39, 0.29) is 23.5 Å². The minimum atomic E-state index is -5.29. The molecular weight excluding hydrogens is 499 g/mol. The number of anilines is 1. The number of nitrogens with one attached hydrogen (secondary N) is 1. The van der Waals surface area contributed by atoms with Gasteiger partial charge in [-0.05, 0) is 6.92 Å². The second-order valence-electron chi connectivity index (χ2n) is 6.84. The number of aromatic nitrogens is 4. The summed E-state index contributed by atoms with van der Waals surface area (Å²) in [4.78, 5) is 59.2. The Balaban J connectivity index is 1.68. The van der Waals surface area contributed by atoms with Gasteiger partial charge in [-0.15, -0.1) is 0 Å². The van der Waals surface area contributed by atoms with Crippen LogP contribution < -0.4 is 11.3 Å². The molecule has 0 amide bonds. The van der Waals surface area contributed by atoms with Gasteiger partial charge in [-0.3, -0.25) is 28.0 Å². The number of rotatable bonds is 8. The van der Waals surface area contributed by atoms with Crippen molar-refractivity contribution in [1.82, 2.24) is 19.5 Å². The van der Waals surface area contributed by atoms with E-state index in [1.165, 1.54) is 10.9 Å².